The number of amides is 1. The van der Waals surface area contributed by atoms with Crippen LogP contribution < -0.4 is 15.4 Å². The van der Waals surface area contributed by atoms with Gasteiger partial charge < -0.3 is 24.7 Å². The molecular formula is C28H24Cl2N4O3S. The zero-order valence-electron chi connectivity index (χ0n) is 20.4. The maximum atomic E-state index is 12.9. The zero-order chi connectivity index (χ0) is 26.6. The molecular weight excluding hydrogens is 543 g/mol. The van der Waals surface area contributed by atoms with Gasteiger partial charge in [-0.05, 0) is 60.7 Å². The molecule has 1 aliphatic heterocycles. The van der Waals surface area contributed by atoms with Crippen LogP contribution in [0.5, 0.6) is 5.75 Å². The topological polar surface area (TPSA) is 79.6 Å². The predicted octanol–water partition coefficient (Wildman–Crippen LogP) is 6.66. The van der Waals surface area contributed by atoms with Crippen LogP contribution in [0.25, 0.3) is 11.3 Å². The van der Waals surface area contributed by atoms with Crippen molar-refractivity contribution in [3.05, 3.63) is 100 Å². The molecule has 1 aliphatic rings. The van der Waals surface area contributed by atoms with Crippen molar-refractivity contribution in [2.75, 3.05) is 19.0 Å². The number of furan rings is 1. The SMILES string of the molecule is COc1ccccc1NC(=O)CCN1C(=S)N[C@H](c2ccccn2)[C@H]1c1ccc(-c2cccc(Cl)c2Cl)o1. The van der Waals surface area contributed by atoms with Crippen LogP contribution in [-0.2, 0) is 4.79 Å². The van der Waals surface area contributed by atoms with Crippen LogP contribution in [0, 0.1) is 0 Å². The molecule has 10 heteroatoms. The van der Waals surface area contributed by atoms with Gasteiger partial charge in [0.25, 0.3) is 0 Å². The lowest BCUT2D eigenvalue weighted by atomic mass is 10.0. The van der Waals surface area contributed by atoms with Gasteiger partial charge in [0.2, 0.25) is 5.91 Å². The third kappa shape index (κ3) is 5.34. The van der Waals surface area contributed by atoms with E-state index in [0.717, 1.165) is 5.69 Å². The summed E-state index contributed by atoms with van der Waals surface area (Å²) in [5, 5.41) is 7.65. The van der Waals surface area contributed by atoms with E-state index < -0.39 is 0 Å². The lowest BCUT2D eigenvalue weighted by molar-refractivity contribution is -0.116. The maximum absolute atomic E-state index is 12.9. The molecule has 1 amide bonds. The third-order valence-electron chi connectivity index (χ3n) is 6.29. The Labute approximate surface area is 235 Å². The number of hydrogen-bond acceptors (Lipinski definition) is 5. The number of nitrogens with one attached hydrogen (secondary N) is 2. The van der Waals surface area contributed by atoms with Gasteiger partial charge in [-0.25, -0.2) is 0 Å². The molecule has 38 heavy (non-hydrogen) atoms. The molecule has 0 bridgehead atoms. The van der Waals surface area contributed by atoms with Crippen molar-refractivity contribution >= 4 is 52.1 Å². The van der Waals surface area contributed by atoms with Crippen molar-refractivity contribution in [1.29, 1.82) is 0 Å². The molecule has 0 radical (unpaired) electrons. The first kappa shape index (κ1) is 26.0. The first-order valence-electron chi connectivity index (χ1n) is 11.9. The minimum Gasteiger partial charge on any atom is -0.495 e. The Kier molecular flexibility index (Phi) is 7.83. The highest BCUT2D eigenvalue weighted by Gasteiger charge is 2.41. The standard InChI is InChI=1S/C28H24Cl2N4O3S/c1-36-22-11-3-2-9-19(22)32-24(35)14-16-34-27(26(33-28(34)38)20-10-4-5-15-31-20)23-13-12-21(37-23)17-7-6-8-18(29)25(17)30/h2-13,15,26-27H,14,16H2,1H3,(H,32,35)(H,33,38)/t26-,27-/m1/s1. The van der Waals surface area contributed by atoms with E-state index in [1.165, 1.54) is 0 Å². The molecule has 7 nitrogen and oxygen atoms in total. The fraction of sp³-hybridized carbons (Fsp3) is 0.179. The van der Waals surface area contributed by atoms with Crippen molar-refractivity contribution < 1.29 is 13.9 Å². The van der Waals surface area contributed by atoms with Crippen LogP contribution >= 0.6 is 35.4 Å². The quantitative estimate of drug-likeness (QED) is 0.231. The number of anilines is 1. The second-order valence-corrected chi connectivity index (χ2v) is 9.79. The van der Waals surface area contributed by atoms with Crippen LogP contribution in [0.15, 0.2) is 83.4 Å². The van der Waals surface area contributed by atoms with Crippen molar-refractivity contribution in [2.24, 2.45) is 0 Å². The highest BCUT2D eigenvalue weighted by Crippen LogP contribution is 2.42. The van der Waals surface area contributed by atoms with Crippen LogP contribution in [0.1, 0.15) is 30.0 Å². The minimum absolute atomic E-state index is 0.164. The summed E-state index contributed by atoms with van der Waals surface area (Å²) in [5.74, 6) is 1.67. The van der Waals surface area contributed by atoms with Gasteiger partial charge in [0.15, 0.2) is 5.11 Å². The number of carbonyl (C=O) groups excluding carboxylic acids is 1. The average Bonchev–Trinajstić information content (AvgIpc) is 3.54. The second kappa shape index (κ2) is 11.4. The van der Waals surface area contributed by atoms with Crippen molar-refractivity contribution in [3.63, 3.8) is 0 Å². The van der Waals surface area contributed by atoms with Crippen LogP contribution in [0.2, 0.25) is 10.0 Å². The molecule has 2 aromatic heterocycles. The molecule has 1 fully saturated rings. The normalized spacial score (nSPS) is 16.8. The lowest BCUT2D eigenvalue weighted by Gasteiger charge is -2.26. The largest absolute Gasteiger partial charge is 0.495 e. The minimum atomic E-state index is -0.344. The van der Waals surface area contributed by atoms with Gasteiger partial charge >= 0.3 is 0 Å². The predicted molar refractivity (Wildman–Crippen MR) is 153 cm³/mol. The van der Waals surface area contributed by atoms with E-state index in [1.54, 1.807) is 31.5 Å². The number of ether oxygens (including phenoxy) is 1. The Hall–Kier alpha value is -3.59. The Morgan fingerprint density at radius 3 is 2.71 bits per heavy atom. The summed E-state index contributed by atoms with van der Waals surface area (Å²) in [6, 6.07) is 21.5. The van der Waals surface area contributed by atoms with Gasteiger partial charge in [0, 0.05) is 24.7 Å². The fourth-order valence-corrected chi connectivity index (χ4v) is 5.21. The summed E-state index contributed by atoms with van der Waals surface area (Å²) in [6.07, 6.45) is 1.93. The summed E-state index contributed by atoms with van der Waals surface area (Å²) < 4.78 is 11.7. The molecule has 2 N–H and O–H groups in total. The van der Waals surface area contributed by atoms with Crippen LogP contribution in [0.3, 0.4) is 0 Å². The molecule has 0 unspecified atom stereocenters. The summed E-state index contributed by atoms with van der Waals surface area (Å²) in [6.45, 7) is 0.356. The number of methoxy groups -OCH3 is 1. The van der Waals surface area contributed by atoms with E-state index in [2.05, 4.69) is 15.6 Å². The molecule has 4 aromatic rings. The number of nitrogens with zero attached hydrogens (tertiary/aromatic N) is 2. The van der Waals surface area contributed by atoms with Crippen LogP contribution in [0.4, 0.5) is 5.69 Å². The van der Waals surface area contributed by atoms with E-state index in [-0.39, 0.29) is 24.4 Å². The monoisotopic (exact) mass is 566 g/mol. The number of hydrogen-bond donors (Lipinski definition) is 2. The third-order valence-corrected chi connectivity index (χ3v) is 7.47. The summed E-state index contributed by atoms with van der Waals surface area (Å²) in [4.78, 5) is 19.4. The summed E-state index contributed by atoms with van der Waals surface area (Å²) >= 11 is 18.4. The number of pyridine rings is 1. The highest BCUT2D eigenvalue weighted by molar-refractivity contribution is 7.80. The van der Waals surface area contributed by atoms with Crippen molar-refractivity contribution in [1.82, 2.24) is 15.2 Å². The molecule has 5 rings (SSSR count). The molecule has 194 valence electrons. The van der Waals surface area contributed by atoms with E-state index >= 15 is 0 Å². The van der Waals surface area contributed by atoms with Gasteiger partial charge in [-0.3, -0.25) is 9.78 Å². The van der Waals surface area contributed by atoms with Gasteiger partial charge in [-0.1, -0.05) is 47.5 Å². The van der Waals surface area contributed by atoms with E-state index in [9.17, 15) is 4.79 Å². The molecule has 3 heterocycles. The lowest BCUT2D eigenvalue weighted by Crippen LogP contribution is -2.32. The van der Waals surface area contributed by atoms with Gasteiger partial charge in [-0.2, -0.15) is 0 Å². The van der Waals surface area contributed by atoms with Gasteiger partial charge in [0.05, 0.1) is 34.6 Å². The van der Waals surface area contributed by atoms with Gasteiger partial charge in [0.1, 0.15) is 23.3 Å². The number of halogens is 2. The van der Waals surface area contributed by atoms with Crippen LogP contribution in [-0.4, -0.2) is 34.6 Å². The number of rotatable bonds is 8. The maximum Gasteiger partial charge on any atom is 0.226 e. The average molecular weight is 567 g/mol. The van der Waals surface area contributed by atoms with Crippen molar-refractivity contribution in [2.45, 2.75) is 18.5 Å². The first-order valence-corrected chi connectivity index (χ1v) is 13.1. The van der Waals surface area contributed by atoms with E-state index in [4.69, 9.17) is 44.6 Å². The molecule has 0 aliphatic carbocycles. The number of thiocarbonyl (C=S) groups is 1. The number of aromatic nitrogens is 1. The molecule has 0 saturated carbocycles. The number of para-hydroxylation sites is 2. The Bertz CT molecular complexity index is 1460. The highest BCUT2D eigenvalue weighted by atomic mass is 35.5. The molecule has 2 atom stereocenters. The second-order valence-electron chi connectivity index (χ2n) is 8.62. The molecule has 1 saturated heterocycles. The molecule has 2 aromatic carbocycles. The number of carbonyl (C=O) groups is 1. The Balaban J connectivity index is 1.41. The molecule has 0 spiro atoms. The zero-order valence-corrected chi connectivity index (χ0v) is 22.7. The van der Waals surface area contributed by atoms with E-state index in [1.807, 2.05) is 59.5 Å². The number of benzene rings is 2. The van der Waals surface area contributed by atoms with Crippen molar-refractivity contribution in [3.8, 4) is 17.1 Å². The van der Waals surface area contributed by atoms with Gasteiger partial charge in [-0.15, -0.1) is 0 Å². The Morgan fingerprint density at radius 2 is 1.92 bits per heavy atom. The summed E-state index contributed by atoms with van der Waals surface area (Å²) in [7, 11) is 1.57. The first-order chi connectivity index (χ1) is 18.5. The van der Waals surface area contributed by atoms with E-state index in [0.29, 0.717) is 50.2 Å². The smallest absolute Gasteiger partial charge is 0.226 e. The summed E-state index contributed by atoms with van der Waals surface area (Å²) in [5.41, 5.74) is 2.11. The Morgan fingerprint density at radius 1 is 1.11 bits per heavy atom. The fourth-order valence-electron chi connectivity index (χ4n) is 4.49.